The highest BCUT2D eigenvalue weighted by atomic mass is 16.4. The van der Waals surface area contributed by atoms with E-state index >= 15 is 0 Å². The number of azide groups is 1. The molecule has 0 aromatic rings. The van der Waals surface area contributed by atoms with Crippen molar-refractivity contribution in [3.63, 3.8) is 0 Å². The standard InChI is InChI=1S/C12H23N3O2/c1-10(2)7-5-3-4-6-8-11(14-15-13)9-12(16)17/h10-11H,3-9H2,1-2H3,(H,16,17). The van der Waals surface area contributed by atoms with Gasteiger partial charge in [0.2, 0.25) is 0 Å². The predicted molar refractivity (Wildman–Crippen MR) is 67.7 cm³/mol. The Hall–Kier alpha value is -1.22. The van der Waals surface area contributed by atoms with Gasteiger partial charge in [-0.25, -0.2) is 0 Å². The zero-order chi connectivity index (χ0) is 13.1. The Morgan fingerprint density at radius 2 is 1.82 bits per heavy atom. The second kappa shape index (κ2) is 9.97. The van der Waals surface area contributed by atoms with E-state index in [0.29, 0.717) is 6.42 Å². The average Bonchev–Trinajstić information content (AvgIpc) is 2.22. The molecule has 0 aliphatic carbocycles. The van der Waals surface area contributed by atoms with Crippen molar-refractivity contribution in [1.29, 1.82) is 0 Å². The van der Waals surface area contributed by atoms with E-state index in [1.54, 1.807) is 0 Å². The quantitative estimate of drug-likeness (QED) is 0.270. The van der Waals surface area contributed by atoms with Gasteiger partial charge in [0, 0.05) is 11.0 Å². The van der Waals surface area contributed by atoms with Crippen molar-refractivity contribution >= 4 is 5.97 Å². The molecule has 1 atom stereocenters. The largest absolute Gasteiger partial charge is 0.481 e. The molecule has 0 saturated carbocycles. The molecular weight excluding hydrogens is 218 g/mol. The van der Waals surface area contributed by atoms with Crippen molar-refractivity contribution < 1.29 is 9.90 Å². The van der Waals surface area contributed by atoms with Crippen molar-refractivity contribution in [3.05, 3.63) is 10.4 Å². The molecule has 0 spiro atoms. The molecule has 0 fully saturated rings. The molecule has 0 bridgehead atoms. The van der Waals surface area contributed by atoms with Crippen LogP contribution >= 0.6 is 0 Å². The monoisotopic (exact) mass is 241 g/mol. The van der Waals surface area contributed by atoms with E-state index in [0.717, 1.165) is 18.8 Å². The molecule has 0 saturated heterocycles. The molecule has 5 nitrogen and oxygen atoms in total. The summed E-state index contributed by atoms with van der Waals surface area (Å²) in [7, 11) is 0. The number of carboxylic acids is 1. The second-order valence-electron chi connectivity index (χ2n) is 4.84. The molecule has 17 heavy (non-hydrogen) atoms. The number of carboxylic acid groups (broad SMARTS) is 1. The van der Waals surface area contributed by atoms with E-state index in [-0.39, 0.29) is 12.5 Å². The van der Waals surface area contributed by atoms with Crippen LogP contribution in [-0.4, -0.2) is 17.1 Å². The molecular formula is C12H23N3O2. The maximum absolute atomic E-state index is 10.5. The van der Waals surface area contributed by atoms with Crippen molar-refractivity contribution in [2.45, 2.75) is 64.8 Å². The topological polar surface area (TPSA) is 86.1 Å². The molecule has 0 aromatic carbocycles. The van der Waals surface area contributed by atoms with Crippen LogP contribution < -0.4 is 0 Å². The summed E-state index contributed by atoms with van der Waals surface area (Å²) in [4.78, 5) is 13.2. The lowest BCUT2D eigenvalue weighted by atomic mass is 10.0. The average molecular weight is 241 g/mol. The lowest BCUT2D eigenvalue weighted by molar-refractivity contribution is -0.137. The third kappa shape index (κ3) is 11.1. The van der Waals surface area contributed by atoms with Gasteiger partial charge in [-0.3, -0.25) is 4.79 Å². The maximum atomic E-state index is 10.5. The fourth-order valence-corrected chi connectivity index (χ4v) is 1.76. The molecule has 0 aliphatic heterocycles. The van der Waals surface area contributed by atoms with Gasteiger partial charge in [0.1, 0.15) is 0 Å². The van der Waals surface area contributed by atoms with Crippen LogP contribution in [0.3, 0.4) is 0 Å². The zero-order valence-corrected chi connectivity index (χ0v) is 10.8. The van der Waals surface area contributed by atoms with Crippen LogP contribution in [0.5, 0.6) is 0 Å². The van der Waals surface area contributed by atoms with Gasteiger partial charge in [0.15, 0.2) is 0 Å². The first-order valence-corrected chi connectivity index (χ1v) is 6.32. The Labute approximate surface area is 103 Å². The SMILES string of the molecule is CC(C)CCCCCCC(CC(=O)O)N=[N+]=[N-]. The number of unbranched alkanes of at least 4 members (excludes halogenated alkanes) is 3. The molecule has 0 heterocycles. The first kappa shape index (κ1) is 15.8. The van der Waals surface area contributed by atoms with Gasteiger partial charge in [0.05, 0.1) is 6.42 Å². The lowest BCUT2D eigenvalue weighted by Crippen LogP contribution is -2.10. The van der Waals surface area contributed by atoms with Crippen LogP contribution in [0, 0.1) is 5.92 Å². The summed E-state index contributed by atoms with van der Waals surface area (Å²) < 4.78 is 0. The van der Waals surface area contributed by atoms with E-state index in [9.17, 15) is 4.79 Å². The summed E-state index contributed by atoms with van der Waals surface area (Å²) in [6, 6.07) is -0.386. The highest BCUT2D eigenvalue weighted by Gasteiger charge is 2.10. The molecule has 5 heteroatoms. The normalized spacial score (nSPS) is 12.2. The van der Waals surface area contributed by atoms with Crippen LogP contribution in [0.2, 0.25) is 0 Å². The van der Waals surface area contributed by atoms with E-state index in [4.69, 9.17) is 10.6 Å². The van der Waals surface area contributed by atoms with E-state index in [1.807, 2.05) is 0 Å². The minimum Gasteiger partial charge on any atom is -0.481 e. The smallest absolute Gasteiger partial charge is 0.303 e. The summed E-state index contributed by atoms with van der Waals surface area (Å²) in [5.74, 6) is -0.153. The van der Waals surface area contributed by atoms with Gasteiger partial charge in [-0.15, -0.1) is 0 Å². The number of aliphatic carboxylic acids is 1. The Balaban J connectivity index is 3.61. The third-order valence-electron chi connectivity index (χ3n) is 2.69. The molecule has 1 unspecified atom stereocenters. The summed E-state index contributed by atoms with van der Waals surface area (Å²) in [5, 5.41) is 12.1. The highest BCUT2D eigenvalue weighted by Crippen LogP contribution is 2.14. The van der Waals surface area contributed by atoms with Crippen LogP contribution in [0.15, 0.2) is 5.11 Å². The summed E-state index contributed by atoms with van der Waals surface area (Å²) in [6.45, 7) is 4.43. The maximum Gasteiger partial charge on any atom is 0.303 e. The van der Waals surface area contributed by atoms with Gasteiger partial charge in [0.25, 0.3) is 0 Å². The third-order valence-corrected chi connectivity index (χ3v) is 2.69. The molecule has 0 amide bonds. The summed E-state index contributed by atoms with van der Waals surface area (Å²) >= 11 is 0. The second-order valence-corrected chi connectivity index (χ2v) is 4.84. The highest BCUT2D eigenvalue weighted by molar-refractivity contribution is 5.67. The molecule has 0 aliphatic rings. The minimum absolute atomic E-state index is 0.0595. The van der Waals surface area contributed by atoms with Gasteiger partial charge in [-0.05, 0) is 17.9 Å². The van der Waals surface area contributed by atoms with Gasteiger partial charge in [-0.2, -0.15) is 0 Å². The lowest BCUT2D eigenvalue weighted by Gasteiger charge is -2.08. The number of rotatable bonds is 10. The van der Waals surface area contributed by atoms with Crippen LogP contribution in [-0.2, 0) is 4.79 Å². The van der Waals surface area contributed by atoms with Gasteiger partial charge in [-0.1, -0.05) is 51.1 Å². The molecule has 98 valence electrons. The summed E-state index contributed by atoms with van der Waals surface area (Å²) in [6.07, 6.45) is 6.29. The zero-order valence-electron chi connectivity index (χ0n) is 10.8. The van der Waals surface area contributed by atoms with Gasteiger partial charge < -0.3 is 5.11 Å². The predicted octanol–water partition coefficient (Wildman–Crippen LogP) is 4.14. The van der Waals surface area contributed by atoms with Crippen molar-refractivity contribution in [1.82, 2.24) is 0 Å². The molecule has 0 rings (SSSR count). The number of nitrogens with zero attached hydrogens (tertiary/aromatic N) is 3. The molecule has 0 radical (unpaired) electrons. The Bertz CT molecular complexity index is 260. The number of carbonyl (C=O) groups is 1. The summed E-state index contributed by atoms with van der Waals surface area (Å²) in [5.41, 5.74) is 8.32. The van der Waals surface area contributed by atoms with Gasteiger partial charge >= 0.3 is 5.97 Å². The Morgan fingerprint density at radius 1 is 1.24 bits per heavy atom. The van der Waals surface area contributed by atoms with E-state index in [1.165, 1.54) is 19.3 Å². The van der Waals surface area contributed by atoms with Crippen molar-refractivity contribution in [2.24, 2.45) is 11.0 Å². The van der Waals surface area contributed by atoms with Crippen LogP contribution in [0.4, 0.5) is 0 Å². The van der Waals surface area contributed by atoms with E-state index < -0.39 is 5.97 Å². The van der Waals surface area contributed by atoms with Crippen molar-refractivity contribution in [2.75, 3.05) is 0 Å². The fraction of sp³-hybridized carbons (Fsp3) is 0.917. The van der Waals surface area contributed by atoms with Crippen LogP contribution in [0.1, 0.15) is 58.8 Å². The molecule has 0 aromatic heterocycles. The van der Waals surface area contributed by atoms with E-state index in [2.05, 4.69) is 23.9 Å². The minimum atomic E-state index is -0.901. The number of hydrogen-bond acceptors (Lipinski definition) is 2. The van der Waals surface area contributed by atoms with Crippen LogP contribution in [0.25, 0.3) is 10.4 Å². The Morgan fingerprint density at radius 3 is 2.29 bits per heavy atom. The molecule has 1 N–H and O–H groups in total. The number of hydrogen-bond donors (Lipinski definition) is 1. The Kier molecular flexibility index (Phi) is 9.25. The first-order chi connectivity index (χ1) is 8.06. The van der Waals surface area contributed by atoms with Crippen molar-refractivity contribution in [3.8, 4) is 0 Å². The first-order valence-electron chi connectivity index (χ1n) is 6.32. The fourth-order valence-electron chi connectivity index (χ4n) is 1.76.